The number of esters is 1. The molecule has 3 rings (SSSR count). The molecule has 1 aromatic heterocycles. The van der Waals surface area contributed by atoms with Gasteiger partial charge in [0.2, 0.25) is 5.88 Å². The second kappa shape index (κ2) is 10.0. The van der Waals surface area contributed by atoms with E-state index in [1.807, 2.05) is 51.1 Å². The lowest BCUT2D eigenvalue weighted by Gasteiger charge is -2.29. The quantitative estimate of drug-likeness (QED) is 0.393. The van der Waals surface area contributed by atoms with Crippen molar-refractivity contribution in [1.29, 1.82) is 0 Å². The molecule has 0 aliphatic rings. The highest BCUT2D eigenvalue weighted by Crippen LogP contribution is 2.23. The van der Waals surface area contributed by atoms with Gasteiger partial charge in [0.15, 0.2) is 5.60 Å². The molecule has 0 bridgehead atoms. The first-order valence-corrected chi connectivity index (χ1v) is 10.9. The number of ether oxygens (including phenoxy) is 3. The summed E-state index contributed by atoms with van der Waals surface area (Å²) in [5, 5.41) is 0. The Bertz CT molecular complexity index is 1050. The van der Waals surface area contributed by atoms with Crippen molar-refractivity contribution < 1.29 is 23.4 Å². The number of nitrogens with zero attached hydrogens (tertiary/aromatic N) is 1. The zero-order valence-corrected chi connectivity index (χ0v) is 19.7. The van der Waals surface area contributed by atoms with E-state index in [0.29, 0.717) is 24.7 Å². The lowest BCUT2D eigenvalue weighted by atomic mass is 10.1. The Morgan fingerprint density at radius 1 is 0.879 bits per heavy atom. The molecule has 0 aliphatic heterocycles. The summed E-state index contributed by atoms with van der Waals surface area (Å²) >= 11 is 0. The number of aromatic nitrogens is 1. The zero-order valence-electron chi connectivity index (χ0n) is 19.7. The summed E-state index contributed by atoms with van der Waals surface area (Å²) in [6.07, 6.45) is 2.40. The number of carbonyl (C=O) groups excluding carboxylic acids is 1. The molecule has 2 aromatic carbocycles. The number of hydrogen-bond acceptors (Lipinski definition) is 5. The van der Waals surface area contributed by atoms with Crippen LogP contribution in [-0.4, -0.2) is 28.8 Å². The average molecular weight is 452 g/mol. The molecule has 5 nitrogen and oxygen atoms in total. The van der Waals surface area contributed by atoms with Crippen LogP contribution in [0.15, 0.2) is 66.9 Å². The van der Waals surface area contributed by atoms with E-state index in [2.05, 4.69) is 4.98 Å². The summed E-state index contributed by atoms with van der Waals surface area (Å²) in [7, 11) is 0. The SMILES string of the molecule is CC(C)(C)OC(=O)C(C)(C)Oc1ccc(CCOc2ccc(-c3ccc(F)cc3)cn2)cc1. The van der Waals surface area contributed by atoms with Gasteiger partial charge >= 0.3 is 5.97 Å². The summed E-state index contributed by atoms with van der Waals surface area (Å²) in [5.74, 6) is 0.442. The van der Waals surface area contributed by atoms with Crippen molar-refractivity contribution in [2.45, 2.75) is 52.2 Å². The van der Waals surface area contributed by atoms with Gasteiger partial charge in [-0.25, -0.2) is 14.2 Å². The van der Waals surface area contributed by atoms with Crippen LogP contribution in [0, 0.1) is 5.82 Å². The van der Waals surface area contributed by atoms with Gasteiger partial charge in [0.05, 0.1) is 6.61 Å². The molecule has 0 aliphatic carbocycles. The number of pyridine rings is 1. The fourth-order valence-electron chi connectivity index (χ4n) is 3.01. The molecule has 3 aromatic rings. The third kappa shape index (κ3) is 7.31. The van der Waals surface area contributed by atoms with Crippen LogP contribution < -0.4 is 9.47 Å². The standard InChI is InChI=1S/C27H30FNO4/c1-26(2,3)33-25(30)27(4,5)32-23-13-6-19(7-14-23)16-17-31-24-15-10-21(18-29-24)20-8-11-22(28)12-9-20/h6-15,18H,16-17H2,1-5H3. The fourth-order valence-corrected chi connectivity index (χ4v) is 3.01. The van der Waals surface area contributed by atoms with Gasteiger partial charge in [0.1, 0.15) is 17.2 Å². The van der Waals surface area contributed by atoms with E-state index >= 15 is 0 Å². The van der Waals surface area contributed by atoms with Crippen molar-refractivity contribution in [1.82, 2.24) is 4.98 Å². The van der Waals surface area contributed by atoms with Crippen molar-refractivity contribution in [3.8, 4) is 22.8 Å². The summed E-state index contributed by atoms with van der Waals surface area (Å²) in [5.41, 5.74) is 1.20. The Kier molecular flexibility index (Phi) is 7.36. The maximum atomic E-state index is 13.1. The monoisotopic (exact) mass is 451 g/mol. The molecule has 0 fully saturated rings. The van der Waals surface area contributed by atoms with E-state index < -0.39 is 17.2 Å². The molecule has 1 heterocycles. The average Bonchev–Trinajstić information content (AvgIpc) is 2.75. The Labute approximate surface area is 194 Å². The Morgan fingerprint density at radius 3 is 2.09 bits per heavy atom. The highest BCUT2D eigenvalue weighted by molar-refractivity contribution is 5.79. The predicted molar refractivity (Wildman–Crippen MR) is 126 cm³/mol. The van der Waals surface area contributed by atoms with E-state index in [1.54, 1.807) is 38.2 Å². The Morgan fingerprint density at radius 2 is 1.52 bits per heavy atom. The van der Waals surface area contributed by atoms with Crippen molar-refractivity contribution in [3.63, 3.8) is 0 Å². The van der Waals surface area contributed by atoms with Crippen molar-refractivity contribution in [2.24, 2.45) is 0 Å². The van der Waals surface area contributed by atoms with E-state index in [9.17, 15) is 9.18 Å². The molecule has 0 amide bonds. The van der Waals surface area contributed by atoms with Crippen LogP contribution in [0.4, 0.5) is 4.39 Å². The van der Waals surface area contributed by atoms with Crippen LogP contribution in [0.1, 0.15) is 40.2 Å². The maximum absolute atomic E-state index is 13.1. The van der Waals surface area contributed by atoms with E-state index in [1.165, 1.54) is 12.1 Å². The van der Waals surface area contributed by atoms with Crippen molar-refractivity contribution in [2.75, 3.05) is 6.61 Å². The topological polar surface area (TPSA) is 57.7 Å². The predicted octanol–water partition coefficient (Wildman–Crippen LogP) is 6.01. The molecule has 0 unspecified atom stereocenters. The van der Waals surface area contributed by atoms with Gasteiger partial charge in [-0.05, 0) is 76.1 Å². The van der Waals surface area contributed by atoms with E-state index in [4.69, 9.17) is 14.2 Å². The molecule has 6 heteroatoms. The number of rotatable bonds is 8. The largest absolute Gasteiger partial charge is 0.477 e. The number of hydrogen-bond donors (Lipinski definition) is 0. The summed E-state index contributed by atoms with van der Waals surface area (Å²) in [6.45, 7) is 9.33. The van der Waals surface area contributed by atoms with Crippen LogP contribution in [0.5, 0.6) is 11.6 Å². The van der Waals surface area contributed by atoms with Gasteiger partial charge < -0.3 is 14.2 Å². The zero-order chi connectivity index (χ0) is 24.1. The van der Waals surface area contributed by atoms with E-state index in [0.717, 1.165) is 16.7 Å². The summed E-state index contributed by atoms with van der Waals surface area (Å²) in [4.78, 5) is 16.7. The number of benzene rings is 2. The van der Waals surface area contributed by atoms with Crippen molar-refractivity contribution >= 4 is 5.97 Å². The molecule has 0 radical (unpaired) electrons. The molecule has 0 spiro atoms. The lowest BCUT2D eigenvalue weighted by Crippen LogP contribution is -2.43. The lowest BCUT2D eigenvalue weighted by molar-refractivity contribution is -0.170. The number of halogens is 1. The molecule has 174 valence electrons. The third-order valence-electron chi connectivity index (χ3n) is 4.74. The molecular formula is C27H30FNO4. The minimum Gasteiger partial charge on any atom is -0.477 e. The first kappa shape index (κ1) is 24.2. The van der Waals surface area contributed by atoms with Crippen LogP contribution in [0.3, 0.4) is 0 Å². The summed E-state index contributed by atoms with van der Waals surface area (Å²) in [6, 6.07) is 17.5. The maximum Gasteiger partial charge on any atom is 0.350 e. The molecular weight excluding hydrogens is 421 g/mol. The van der Waals surface area contributed by atoms with Gasteiger partial charge in [0.25, 0.3) is 0 Å². The minimum absolute atomic E-state index is 0.266. The van der Waals surface area contributed by atoms with Gasteiger partial charge in [-0.15, -0.1) is 0 Å². The first-order valence-electron chi connectivity index (χ1n) is 10.9. The van der Waals surface area contributed by atoms with Crippen molar-refractivity contribution in [3.05, 3.63) is 78.2 Å². The van der Waals surface area contributed by atoms with Crippen LogP contribution in [0.2, 0.25) is 0 Å². The van der Waals surface area contributed by atoms with Gasteiger partial charge in [-0.1, -0.05) is 24.3 Å². The first-order chi connectivity index (χ1) is 15.5. The molecule has 0 atom stereocenters. The smallest absolute Gasteiger partial charge is 0.350 e. The van der Waals surface area contributed by atoms with Crippen LogP contribution >= 0.6 is 0 Å². The van der Waals surface area contributed by atoms with Crippen LogP contribution in [0.25, 0.3) is 11.1 Å². The van der Waals surface area contributed by atoms with Crippen LogP contribution in [-0.2, 0) is 16.0 Å². The molecule has 0 N–H and O–H groups in total. The molecule has 33 heavy (non-hydrogen) atoms. The Hall–Kier alpha value is -3.41. The molecule has 0 saturated heterocycles. The normalized spacial score (nSPS) is 11.7. The molecule has 0 saturated carbocycles. The van der Waals surface area contributed by atoms with E-state index in [-0.39, 0.29) is 5.82 Å². The Balaban J connectivity index is 1.49. The summed E-state index contributed by atoms with van der Waals surface area (Å²) < 4.78 is 30.1. The third-order valence-corrected chi connectivity index (χ3v) is 4.74. The second-order valence-electron chi connectivity index (χ2n) is 9.25. The van der Waals surface area contributed by atoms with Gasteiger partial charge in [-0.3, -0.25) is 0 Å². The van der Waals surface area contributed by atoms with Gasteiger partial charge in [-0.2, -0.15) is 0 Å². The highest BCUT2D eigenvalue weighted by atomic mass is 19.1. The number of carbonyl (C=O) groups is 1. The second-order valence-corrected chi connectivity index (χ2v) is 9.25. The fraction of sp³-hybridized carbons (Fsp3) is 0.333. The minimum atomic E-state index is -1.09. The van der Waals surface area contributed by atoms with Gasteiger partial charge in [0, 0.05) is 24.2 Å². The highest BCUT2D eigenvalue weighted by Gasteiger charge is 2.34.